The van der Waals surface area contributed by atoms with Crippen LogP contribution in [0.4, 0.5) is 0 Å². The molecule has 0 aliphatic heterocycles. The van der Waals surface area contributed by atoms with E-state index in [4.69, 9.17) is 11.6 Å². The Bertz CT molecular complexity index is 1070. The van der Waals surface area contributed by atoms with Gasteiger partial charge in [-0.1, -0.05) is 97.1 Å². The van der Waals surface area contributed by atoms with Crippen molar-refractivity contribution in [1.82, 2.24) is 9.80 Å². The zero-order valence-corrected chi connectivity index (χ0v) is 23.4. The van der Waals surface area contributed by atoms with Crippen molar-refractivity contribution in [2.24, 2.45) is 0 Å². The minimum Gasteiger partial charge on any atom is -0.305 e. The van der Waals surface area contributed by atoms with E-state index in [2.05, 4.69) is 148 Å². The average Bonchev–Trinajstić information content (AvgIpc) is 2.89. The molecule has 2 nitrogen and oxygen atoms in total. The third-order valence-electron chi connectivity index (χ3n) is 5.82. The Labute approximate surface area is 228 Å². The van der Waals surface area contributed by atoms with E-state index in [9.17, 15) is 0 Å². The zero-order chi connectivity index (χ0) is 25.9. The molecule has 4 rings (SSSR count). The number of benzene rings is 4. The molecule has 0 atom stereocenters. The topological polar surface area (TPSA) is 6.48 Å². The summed E-state index contributed by atoms with van der Waals surface area (Å²) in [7, 11) is 8.34. The maximum absolute atomic E-state index is 5.79. The molecule has 0 saturated heterocycles. The fourth-order valence-electron chi connectivity index (χ4n) is 3.92. The lowest BCUT2D eigenvalue weighted by Gasteiger charge is -2.10. The lowest BCUT2D eigenvalue weighted by Crippen LogP contribution is -2.10. The molecular formula is C32H37ClN2S. The van der Waals surface area contributed by atoms with E-state index in [1.807, 2.05) is 0 Å². The van der Waals surface area contributed by atoms with Crippen LogP contribution in [-0.4, -0.2) is 38.0 Å². The van der Waals surface area contributed by atoms with E-state index in [1.165, 1.54) is 38.9 Å². The first-order valence-corrected chi connectivity index (χ1v) is 13.4. The van der Waals surface area contributed by atoms with Crippen LogP contribution in [0.5, 0.6) is 0 Å². The van der Waals surface area contributed by atoms with Crippen molar-refractivity contribution >= 4 is 24.2 Å². The Balaban J connectivity index is 0.000000201. The van der Waals surface area contributed by atoms with Crippen molar-refractivity contribution < 1.29 is 0 Å². The molecule has 4 aromatic rings. The summed E-state index contributed by atoms with van der Waals surface area (Å²) in [5, 5.41) is 0. The maximum atomic E-state index is 5.79. The van der Waals surface area contributed by atoms with E-state index >= 15 is 0 Å². The van der Waals surface area contributed by atoms with Gasteiger partial charge in [0.25, 0.3) is 0 Å². The van der Waals surface area contributed by atoms with Crippen molar-refractivity contribution in [1.29, 1.82) is 0 Å². The molecule has 0 N–H and O–H groups in total. The lowest BCUT2D eigenvalue weighted by molar-refractivity contribution is 0.402. The highest BCUT2D eigenvalue weighted by Gasteiger charge is 2.01. The molecule has 4 aromatic carbocycles. The molecule has 0 aromatic heterocycles. The van der Waals surface area contributed by atoms with E-state index in [0.717, 1.165) is 24.4 Å². The van der Waals surface area contributed by atoms with Gasteiger partial charge in [-0.05, 0) is 72.7 Å². The van der Waals surface area contributed by atoms with E-state index < -0.39 is 0 Å². The second-order valence-electron chi connectivity index (χ2n) is 9.56. The Morgan fingerprint density at radius 3 is 1.00 bits per heavy atom. The number of thiol groups is 1. The lowest BCUT2D eigenvalue weighted by atomic mass is 10.0. The highest BCUT2D eigenvalue weighted by Crippen LogP contribution is 2.22. The van der Waals surface area contributed by atoms with Crippen LogP contribution < -0.4 is 0 Å². The van der Waals surface area contributed by atoms with Gasteiger partial charge in [0.15, 0.2) is 0 Å². The van der Waals surface area contributed by atoms with Crippen molar-refractivity contribution in [3.63, 3.8) is 0 Å². The first kappa shape index (κ1) is 28.0. The van der Waals surface area contributed by atoms with Gasteiger partial charge in [-0.3, -0.25) is 0 Å². The second-order valence-corrected chi connectivity index (χ2v) is 10.1. The number of halogens is 1. The Morgan fingerprint density at radius 2 is 0.750 bits per heavy atom. The van der Waals surface area contributed by atoms with Crippen molar-refractivity contribution in [2.45, 2.75) is 24.7 Å². The van der Waals surface area contributed by atoms with Crippen molar-refractivity contribution in [2.75, 3.05) is 28.2 Å². The molecule has 4 heteroatoms. The first-order chi connectivity index (χ1) is 17.4. The fraction of sp³-hybridized carbons (Fsp3) is 0.250. The molecule has 188 valence electrons. The SMILES string of the molecule is CN(C)Cc1ccc(-c2ccc(CCl)cc2)cc1.CN(C)Cc1ccc(-c2ccc(CS)cc2)cc1. The summed E-state index contributed by atoms with van der Waals surface area (Å²) in [5.41, 5.74) is 10.1. The third kappa shape index (κ3) is 8.83. The fourth-order valence-corrected chi connectivity index (χ4v) is 4.31. The maximum Gasteiger partial charge on any atom is 0.0474 e. The number of alkyl halides is 1. The van der Waals surface area contributed by atoms with Gasteiger partial charge in [0, 0.05) is 24.7 Å². The van der Waals surface area contributed by atoms with Gasteiger partial charge in [0.1, 0.15) is 0 Å². The van der Waals surface area contributed by atoms with Crippen LogP contribution in [0, 0.1) is 0 Å². The van der Waals surface area contributed by atoms with Gasteiger partial charge in [-0.25, -0.2) is 0 Å². The molecule has 0 aliphatic carbocycles. The van der Waals surface area contributed by atoms with Crippen LogP contribution in [-0.2, 0) is 24.7 Å². The molecule has 0 amide bonds. The summed E-state index contributed by atoms with van der Waals surface area (Å²) < 4.78 is 0. The van der Waals surface area contributed by atoms with Gasteiger partial charge in [0.2, 0.25) is 0 Å². The minimum atomic E-state index is 0.571. The standard InChI is InChI=1S/C16H18ClN.C16H19NS/c1-18(2)12-14-5-9-16(10-6-14)15-7-3-13(11-17)4-8-15;1-17(2)11-13-3-7-15(8-4-13)16-9-5-14(12-18)6-10-16/h3-10H,11-12H2,1-2H3;3-10,18H,11-12H2,1-2H3. The smallest absolute Gasteiger partial charge is 0.0474 e. The largest absolute Gasteiger partial charge is 0.305 e. The Kier molecular flexibility index (Phi) is 11.1. The summed E-state index contributed by atoms with van der Waals surface area (Å²) in [6.07, 6.45) is 0. The highest BCUT2D eigenvalue weighted by atomic mass is 35.5. The molecule has 0 saturated carbocycles. The molecule has 0 heterocycles. The zero-order valence-electron chi connectivity index (χ0n) is 21.8. The molecular weight excluding hydrogens is 480 g/mol. The molecule has 0 unspecified atom stereocenters. The summed E-state index contributed by atoms with van der Waals surface area (Å²) >= 11 is 10.1. The summed E-state index contributed by atoms with van der Waals surface area (Å²) in [4.78, 5) is 4.35. The highest BCUT2D eigenvalue weighted by molar-refractivity contribution is 7.79. The molecule has 36 heavy (non-hydrogen) atoms. The number of nitrogens with zero attached hydrogens (tertiary/aromatic N) is 2. The number of hydrogen-bond acceptors (Lipinski definition) is 3. The minimum absolute atomic E-state index is 0.571. The van der Waals surface area contributed by atoms with Gasteiger partial charge in [-0.2, -0.15) is 12.6 Å². The van der Waals surface area contributed by atoms with E-state index in [1.54, 1.807) is 0 Å². The summed E-state index contributed by atoms with van der Waals surface area (Å²) in [6.45, 7) is 1.96. The first-order valence-electron chi connectivity index (χ1n) is 12.2. The van der Waals surface area contributed by atoms with Gasteiger partial charge < -0.3 is 9.80 Å². The van der Waals surface area contributed by atoms with Crippen molar-refractivity contribution in [3.05, 3.63) is 119 Å². The molecule has 0 radical (unpaired) electrons. The van der Waals surface area contributed by atoms with E-state index in [0.29, 0.717) is 5.88 Å². The third-order valence-corrected chi connectivity index (χ3v) is 6.49. The number of rotatable bonds is 8. The average molecular weight is 517 g/mol. The van der Waals surface area contributed by atoms with Crippen LogP contribution in [0.3, 0.4) is 0 Å². The van der Waals surface area contributed by atoms with Crippen LogP contribution in [0.25, 0.3) is 22.3 Å². The number of hydrogen-bond donors (Lipinski definition) is 1. The van der Waals surface area contributed by atoms with Crippen LogP contribution in [0.2, 0.25) is 0 Å². The quantitative estimate of drug-likeness (QED) is 0.187. The monoisotopic (exact) mass is 516 g/mol. The predicted octanol–water partition coefficient (Wildman–Crippen LogP) is 8.00. The van der Waals surface area contributed by atoms with Gasteiger partial charge >= 0.3 is 0 Å². The molecule has 0 spiro atoms. The normalized spacial score (nSPS) is 10.9. The Morgan fingerprint density at radius 1 is 0.472 bits per heavy atom. The van der Waals surface area contributed by atoms with Crippen molar-refractivity contribution in [3.8, 4) is 22.3 Å². The molecule has 0 bridgehead atoms. The van der Waals surface area contributed by atoms with Crippen LogP contribution in [0.1, 0.15) is 22.3 Å². The summed E-state index contributed by atoms with van der Waals surface area (Å²) in [5.74, 6) is 1.37. The summed E-state index contributed by atoms with van der Waals surface area (Å²) in [6, 6.07) is 34.5. The van der Waals surface area contributed by atoms with E-state index in [-0.39, 0.29) is 0 Å². The van der Waals surface area contributed by atoms with Gasteiger partial charge in [0.05, 0.1) is 0 Å². The molecule has 0 aliphatic rings. The Hall–Kier alpha value is -2.56. The second kappa shape index (κ2) is 14.2. The van der Waals surface area contributed by atoms with Crippen LogP contribution in [0.15, 0.2) is 97.1 Å². The molecule has 0 fully saturated rings. The predicted molar refractivity (Wildman–Crippen MR) is 161 cm³/mol. The van der Waals surface area contributed by atoms with Crippen LogP contribution >= 0.6 is 24.2 Å². The van der Waals surface area contributed by atoms with Gasteiger partial charge in [-0.15, -0.1) is 11.6 Å².